The monoisotopic (exact) mass is 180 g/mol. The minimum absolute atomic E-state index is 0.299. The summed E-state index contributed by atoms with van der Waals surface area (Å²) in [5, 5.41) is 3.03. The molecule has 0 saturated carbocycles. The summed E-state index contributed by atoms with van der Waals surface area (Å²) in [5.74, 6) is -0.299. The van der Waals surface area contributed by atoms with Crippen molar-refractivity contribution in [2.75, 3.05) is 13.6 Å². The van der Waals surface area contributed by atoms with Crippen molar-refractivity contribution < 1.29 is 4.39 Å². The lowest BCUT2D eigenvalue weighted by molar-refractivity contribution is 0.621. The second-order valence-electron chi connectivity index (χ2n) is 2.70. The number of pyridine rings is 1. The van der Waals surface area contributed by atoms with Gasteiger partial charge < -0.3 is 5.32 Å². The van der Waals surface area contributed by atoms with Gasteiger partial charge in [0.15, 0.2) is 0 Å². The molecule has 0 saturated heterocycles. The second-order valence-corrected chi connectivity index (χ2v) is 2.70. The number of hydrogen-bond acceptors (Lipinski definition) is 2. The van der Waals surface area contributed by atoms with Crippen molar-refractivity contribution in [3.63, 3.8) is 0 Å². The average Bonchev–Trinajstić information content (AvgIpc) is 2.15. The topological polar surface area (TPSA) is 24.9 Å². The molecular weight excluding hydrogens is 167 g/mol. The summed E-state index contributed by atoms with van der Waals surface area (Å²) in [6, 6.07) is 3.07. The van der Waals surface area contributed by atoms with E-state index in [0.717, 1.165) is 18.7 Å². The highest BCUT2D eigenvalue weighted by Gasteiger charge is 1.89. The van der Waals surface area contributed by atoms with Crippen molar-refractivity contribution >= 4 is 6.08 Å². The number of halogens is 1. The van der Waals surface area contributed by atoms with E-state index in [1.54, 1.807) is 6.07 Å². The van der Waals surface area contributed by atoms with Gasteiger partial charge in [0.2, 0.25) is 0 Å². The molecule has 1 aromatic rings. The molecule has 0 spiro atoms. The maximum absolute atomic E-state index is 12.4. The van der Waals surface area contributed by atoms with E-state index in [4.69, 9.17) is 0 Å². The number of rotatable bonds is 4. The van der Waals surface area contributed by atoms with Crippen LogP contribution in [-0.4, -0.2) is 18.6 Å². The molecule has 1 aromatic heterocycles. The summed E-state index contributed by atoms with van der Waals surface area (Å²) in [4.78, 5) is 3.89. The van der Waals surface area contributed by atoms with Crippen LogP contribution in [0, 0.1) is 5.82 Å². The Morgan fingerprint density at radius 3 is 3.00 bits per heavy atom. The Labute approximate surface area is 77.5 Å². The molecule has 2 nitrogen and oxygen atoms in total. The number of aromatic nitrogens is 1. The van der Waals surface area contributed by atoms with E-state index in [9.17, 15) is 4.39 Å². The van der Waals surface area contributed by atoms with Crippen LogP contribution >= 0.6 is 0 Å². The predicted molar refractivity (Wildman–Crippen MR) is 51.8 cm³/mol. The average molecular weight is 180 g/mol. The van der Waals surface area contributed by atoms with Crippen LogP contribution in [0.2, 0.25) is 0 Å². The molecule has 1 rings (SSSR count). The van der Waals surface area contributed by atoms with E-state index in [-0.39, 0.29) is 5.82 Å². The highest BCUT2D eigenvalue weighted by atomic mass is 19.1. The molecule has 0 atom stereocenters. The van der Waals surface area contributed by atoms with E-state index < -0.39 is 0 Å². The first kappa shape index (κ1) is 9.86. The molecule has 0 aliphatic rings. The van der Waals surface area contributed by atoms with E-state index in [0.29, 0.717) is 0 Å². The van der Waals surface area contributed by atoms with Gasteiger partial charge in [-0.1, -0.05) is 6.08 Å². The van der Waals surface area contributed by atoms with Crippen LogP contribution in [0.3, 0.4) is 0 Å². The number of nitrogens with one attached hydrogen (secondary N) is 1. The van der Waals surface area contributed by atoms with Crippen molar-refractivity contribution in [2.45, 2.75) is 6.42 Å². The summed E-state index contributed by atoms with van der Waals surface area (Å²) in [5.41, 5.74) is 0.789. The van der Waals surface area contributed by atoms with Gasteiger partial charge in [-0.3, -0.25) is 4.98 Å². The van der Waals surface area contributed by atoms with E-state index in [2.05, 4.69) is 10.3 Å². The quantitative estimate of drug-likeness (QED) is 0.715. The van der Waals surface area contributed by atoms with Crippen molar-refractivity contribution in [2.24, 2.45) is 0 Å². The first-order valence-corrected chi connectivity index (χ1v) is 4.25. The molecular formula is C10H13FN2. The van der Waals surface area contributed by atoms with Gasteiger partial charge in [-0.2, -0.15) is 0 Å². The third kappa shape index (κ3) is 3.80. The lowest BCUT2D eigenvalue weighted by Crippen LogP contribution is -2.05. The summed E-state index contributed by atoms with van der Waals surface area (Å²) >= 11 is 0. The molecule has 0 amide bonds. The Balaban J connectivity index is 2.44. The Hall–Kier alpha value is -1.22. The maximum Gasteiger partial charge on any atom is 0.141 e. The van der Waals surface area contributed by atoms with Crippen molar-refractivity contribution in [1.29, 1.82) is 0 Å². The predicted octanol–water partition coefficient (Wildman–Crippen LogP) is 1.84. The van der Waals surface area contributed by atoms with Gasteiger partial charge in [0.1, 0.15) is 5.82 Å². The zero-order chi connectivity index (χ0) is 9.52. The lowest BCUT2D eigenvalue weighted by Gasteiger charge is -1.93. The molecule has 1 N–H and O–H groups in total. The van der Waals surface area contributed by atoms with Gasteiger partial charge in [0.25, 0.3) is 0 Å². The van der Waals surface area contributed by atoms with Crippen molar-refractivity contribution in [3.05, 3.63) is 35.9 Å². The fourth-order valence-electron chi connectivity index (χ4n) is 0.918. The van der Waals surface area contributed by atoms with Crippen LogP contribution in [-0.2, 0) is 0 Å². The molecule has 70 valence electrons. The fourth-order valence-corrected chi connectivity index (χ4v) is 0.918. The van der Waals surface area contributed by atoms with E-state index in [1.807, 2.05) is 19.2 Å². The molecule has 0 unspecified atom stereocenters. The van der Waals surface area contributed by atoms with Crippen LogP contribution < -0.4 is 5.32 Å². The minimum Gasteiger partial charge on any atom is -0.319 e. The Morgan fingerprint density at radius 1 is 1.54 bits per heavy atom. The smallest absolute Gasteiger partial charge is 0.141 e. The highest BCUT2D eigenvalue weighted by Crippen LogP contribution is 2.00. The fraction of sp³-hybridized carbons (Fsp3) is 0.300. The zero-order valence-corrected chi connectivity index (χ0v) is 7.63. The summed E-state index contributed by atoms with van der Waals surface area (Å²) in [6.45, 7) is 0.942. The van der Waals surface area contributed by atoms with Crippen LogP contribution in [0.5, 0.6) is 0 Å². The largest absolute Gasteiger partial charge is 0.319 e. The third-order valence-electron chi connectivity index (χ3n) is 1.60. The molecule has 13 heavy (non-hydrogen) atoms. The normalized spacial score (nSPS) is 10.9. The van der Waals surface area contributed by atoms with Crippen LogP contribution in [0.1, 0.15) is 12.1 Å². The van der Waals surface area contributed by atoms with E-state index in [1.165, 1.54) is 12.3 Å². The second kappa shape index (κ2) is 5.43. The van der Waals surface area contributed by atoms with Crippen LogP contribution in [0.4, 0.5) is 4.39 Å². The number of nitrogens with zero attached hydrogens (tertiary/aromatic N) is 1. The molecule has 0 fully saturated rings. The van der Waals surface area contributed by atoms with Crippen LogP contribution in [0.25, 0.3) is 6.08 Å². The molecule has 0 aliphatic carbocycles. The van der Waals surface area contributed by atoms with Crippen LogP contribution in [0.15, 0.2) is 24.4 Å². The Morgan fingerprint density at radius 2 is 2.38 bits per heavy atom. The minimum atomic E-state index is -0.299. The van der Waals surface area contributed by atoms with Crippen molar-refractivity contribution in [3.8, 4) is 0 Å². The lowest BCUT2D eigenvalue weighted by atomic mass is 10.3. The maximum atomic E-state index is 12.4. The van der Waals surface area contributed by atoms with E-state index >= 15 is 0 Å². The highest BCUT2D eigenvalue weighted by molar-refractivity contribution is 5.43. The van der Waals surface area contributed by atoms with Gasteiger partial charge in [-0.25, -0.2) is 4.39 Å². The summed E-state index contributed by atoms with van der Waals surface area (Å²) in [7, 11) is 1.91. The van der Waals surface area contributed by atoms with Gasteiger partial charge >= 0.3 is 0 Å². The van der Waals surface area contributed by atoms with Gasteiger partial charge in [0.05, 0.1) is 11.9 Å². The molecule has 0 aliphatic heterocycles. The van der Waals surface area contributed by atoms with Gasteiger partial charge in [-0.05, 0) is 38.2 Å². The SMILES string of the molecule is CNCCC=Cc1ccc(F)cn1. The standard InChI is InChI=1S/C10H13FN2/c1-12-7-3-2-4-10-6-5-9(11)8-13-10/h2,4-6,8,12H,3,7H2,1H3. The summed E-state index contributed by atoms with van der Waals surface area (Å²) < 4.78 is 12.4. The number of hydrogen-bond donors (Lipinski definition) is 1. The molecule has 1 heterocycles. The van der Waals surface area contributed by atoms with Gasteiger partial charge in [-0.15, -0.1) is 0 Å². The first-order chi connectivity index (χ1) is 6.33. The van der Waals surface area contributed by atoms with Gasteiger partial charge in [0, 0.05) is 0 Å². The Bertz CT molecular complexity index is 267. The van der Waals surface area contributed by atoms with Crippen molar-refractivity contribution in [1.82, 2.24) is 10.3 Å². The molecule has 3 heteroatoms. The third-order valence-corrected chi connectivity index (χ3v) is 1.60. The first-order valence-electron chi connectivity index (χ1n) is 4.25. The molecule has 0 radical (unpaired) electrons. The molecule has 0 bridgehead atoms. The zero-order valence-electron chi connectivity index (χ0n) is 7.63. The summed E-state index contributed by atoms with van der Waals surface area (Å²) in [6.07, 6.45) is 6.07. The molecule has 0 aromatic carbocycles. The Kier molecular flexibility index (Phi) is 4.12.